The molecule has 0 aliphatic rings. The highest BCUT2D eigenvalue weighted by Crippen LogP contribution is 2.24. The Morgan fingerprint density at radius 3 is 2.60 bits per heavy atom. The number of aliphatic hydroxyl groups excluding tert-OH is 1. The number of nitrogens with zero attached hydrogens (tertiary/aromatic N) is 1. The van der Waals surface area contributed by atoms with Crippen LogP contribution < -0.4 is 10.5 Å². The van der Waals surface area contributed by atoms with Crippen LogP contribution in [0.1, 0.15) is 21.1 Å². The van der Waals surface area contributed by atoms with Gasteiger partial charge in [0.15, 0.2) is 0 Å². The van der Waals surface area contributed by atoms with E-state index in [4.69, 9.17) is 10.5 Å². The van der Waals surface area contributed by atoms with E-state index in [0.717, 1.165) is 16.1 Å². The quantitative estimate of drug-likeness (QED) is 0.656. The molecule has 3 aromatic rings. The van der Waals surface area contributed by atoms with Gasteiger partial charge in [-0.25, -0.2) is 4.98 Å². The fourth-order valence-electron chi connectivity index (χ4n) is 2.25. The van der Waals surface area contributed by atoms with Crippen LogP contribution in [0.3, 0.4) is 0 Å². The number of carbonyl (C=O) groups excluding carboxylic acids is 1. The third-order valence-corrected chi connectivity index (χ3v) is 4.37. The molecule has 0 fully saturated rings. The summed E-state index contributed by atoms with van der Waals surface area (Å²) in [5.41, 5.74) is 8.13. The van der Waals surface area contributed by atoms with E-state index < -0.39 is 5.91 Å². The first-order valence-electron chi connectivity index (χ1n) is 7.48. The van der Waals surface area contributed by atoms with Crippen molar-refractivity contribution in [1.29, 1.82) is 0 Å². The van der Waals surface area contributed by atoms with E-state index in [2.05, 4.69) is 11.6 Å². The zero-order valence-corrected chi connectivity index (χ0v) is 14.1. The first kappa shape index (κ1) is 16.7. The molecule has 3 N–H and O–H groups in total. The Bertz CT molecular complexity index is 916. The van der Waals surface area contributed by atoms with Crippen LogP contribution in [0.4, 0.5) is 0 Å². The molecular weight excluding hydrogens is 336 g/mol. The van der Waals surface area contributed by atoms with E-state index in [1.165, 1.54) is 11.3 Å². The summed E-state index contributed by atoms with van der Waals surface area (Å²) in [5.74, 6) is 0.203. The molecule has 0 bridgehead atoms. The van der Waals surface area contributed by atoms with Gasteiger partial charge in [0, 0.05) is 10.9 Å². The molecular formula is C19H16N2O3S. The van der Waals surface area contributed by atoms with Crippen LogP contribution in [0.25, 0.3) is 16.9 Å². The first-order chi connectivity index (χ1) is 12.0. The molecule has 0 aliphatic carbocycles. The standard InChI is InChI=1S/C19H16N2O3S/c1-12(22)17-11-25-18(21-17)10-24-16-7-5-13(6-8-16)14-3-2-4-15(9-14)19(20)23/h2-9,11,22H,1,10H2,(H2,20,23). The minimum Gasteiger partial charge on any atom is -0.506 e. The largest absolute Gasteiger partial charge is 0.506 e. The Morgan fingerprint density at radius 2 is 1.96 bits per heavy atom. The Balaban J connectivity index is 1.68. The Hall–Kier alpha value is -3.12. The van der Waals surface area contributed by atoms with Crippen molar-refractivity contribution in [1.82, 2.24) is 4.98 Å². The Labute approximate surface area is 149 Å². The van der Waals surface area contributed by atoms with Gasteiger partial charge in [0.2, 0.25) is 5.91 Å². The summed E-state index contributed by atoms with van der Waals surface area (Å²) in [6, 6.07) is 14.7. The smallest absolute Gasteiger partial charge is 0.248 e. The van der Waals surface area contributed by atoms with Crippen LogP contribution >= 0.6 is 11.3 Å². The second-order valence-corrected chi connectivity index (χ2v) is 6.27. The number of aromatic nitrogens is 1. The van der Waals surface area contributed by atoms with Crippen molar-refractivity contribution in [2.75, 3.05) is 0 Å². The van der Waals surface area contributed by atoms with Crippen LogP contribution in [-0.4, -0.2) is 16.0 Å². The molecule has 1 amide bonds. The summed E-state index contributed by atoms with van der Waals surface area (Å²) in [6.07, 6.45) is 0. The van der Waals surface area contributed by atoms with E-state index in [-0.39, 0.29) is 5.76 Å². The van der Waals surface area contributed by atoms with Crippen LogP contribution in [0.5, 0.6) is 5.75 Å². The maximum atomic E-state index is 11.3. The highest BCUT2D eigenvalue weighted by molar-refractivity contribution is 7.09. The molecule has 6 heteroatoms. The van der Waals surface area contributed by atoms with Crippen molar-refractivity contribution in [3.05, 3.63) is 76.8 Å². The van der Waals surface area contributed by atoms with Crippen LogP contribution in [0.2, 0.25) is 0 Å². The van der Waals surface area contributed by atoms with Gasteiger partial charge in [0.25, 0.3) is 0 Å². The van der Waals surface area contributed by atoms with Crippen LogP contribution in [-0.2, 0) is 6.61 Å². The summed E-state index contributed by atoms with van der Waals surface area (Å²) in [4.78, 5) is 15.5. The molecule has 0 aliphatic heterocycles. The van der Waals surface area contributed by atoms with Gasteiger partial charge in [-0.3, -0.25) is 4.79 Å². The van der Waals surface area contributed by atoms with Crippen molar-refractivity contribution in [3.8, 4) is 16.9 Å². The lowest BCUT2D eigenvalue weighted by molar-refractivity contribution is 0.100. The molecule has 5 nitrogen and oxygen atoms in total. The maximum absolute atomic E-state index is 11.3. The SMILES string of the molecule is C=C(O)c1csc(COc2ccc(-c3cccc(C(N)=O)c3)cc2)n1. The number of hydrogen-bond donors (Lipinski definition) is 2. The molecule has 0 radical (unpaired) electrons. The van der Waals surface area contributed by atoms with Gasteiger partial charge in [-0.2, -0.15) is 0 Å². The molecule has 0 unspecified atom stereocenters. The fraction of sp³-hybridized carbons (Fsp3) is 0.0526. The summed E-state index contributed by atoms with van der Waals surface area (Å²) in [5, 5.41) is 11.8. The van der Waals surface area contributed by atoms with Gasteiger partial charge in [-0.1, -0.05) is 30.8 Å². The normalized spacial score (nSPS) is 10.4. The number of amides is 1. The lowest BCUT2D eigenvalue weighted by Crippen LogP contribution is -2.10. The summed E-state index contributed by atoms with van der Waals surface area (Å²) in [7, 11) is 0. The van der Waals surface area contributed by atoms with Gasteiger partial charge in [-0.15, -0.1) is 11.3 Å². The molecule has 3 rings (SSSR count). The number of rotatable bonds is 6. The summed E-state index contributed by atoms with van der Waals surface area (Å²) in [6.45, 7) is 3.76. The van der Waals surface area contributed by atoms with Crippen LogP contribution in [0.15, 0.2) is 60.5 Å². The van der Waals surface area contributed by atoms with E-state index in [0.29, 0.717) is 23.6 Å². The molecule has 0 atom stereocenters. The van der Waals surface area contributed by atoms with Crippen molar-refractivity contribution in [2.45, 2.75) is 6.61 Å². The minimum atomic E-state index is -0.449. The second kappa shape index (κ2) is 7.19. The number of benzene rings is 2. The van der Waals surface area contributed by atoms with Crippen molar-refractivity contribution >= 4 is 23.0 Å². The third-order valence-electron chi connectivity index (χ3n) is 3.54. The van der Waals surface area contributed by atoms with Gasteiger partial charge >= 0.3 is 0 Å². The number of aliphatic hydroxyl groups is 1. The number of carbonyl (C=O) groups is 1. The van der Waals surface area contributed by atoms with Crippen molar-refractivity contribution in [3.63, 3.8) is 0 Å². The van der Waals surface area contributed by atoms with E-state index in [1.807, 2.05) is 30.3 Å². The van der Waals surface area contributed by atoms with E-state index in [9.17, 15) is 9.90 Å². The number of primary amides is 1. The predicted octanol–water partition coefficient (Wildman–Crippen LogP) is 4.02. The van der Waals surface area contributed by atoms with Gasteiger partial charge in [0.05, 0.1) is 0 Å². The van der Waals surface area contributed by atoms with Crippen molar-refractivity contribution in [2.24, 2.45) is 5.73 Å². The molecule has 0 spiro atoms. The average molecular weight is 352 g/mol. The Kier molecular flexibility index (Phi) is 4.81. The number of nitrogens with two attached hydrogens (primary N) is 1. The van der Waals surface area contributed by atoms with Crippen LogP contribution in [0, 0.1) is 0 Å². The summed E-state index contributed by atoms with van der Waals surface area (Å²) >= 11 is 1.40. The third kappa shape index (κ3) is 4.05. The first-order valence-corrected chi connectivity index (χ1v) is 8.36. The second-order valence-electron chi connectivity index (χ2n) is 5.33. The highest BCUT2D eigenvalue weighted by atomic mass is 32.1. The fourth-order valence-corrected chi connectivity index (χ4v) is 2.96. The molecule has 1 aromatic heterocycles. The number of thiazole rings is 1. The lowest BCUT2D eigenvalue weighted by atomic mass is 10.0. The van der Waals surface area contributed by atoms with Gasteiger partial charge in [0.1, 0.15) is 28.8 Å². The van der Waals surface area contributed by atoms with E-state index in [1.54, 1.807) is 23.6 Å². The summed E-state index contributed by atoms with van der Waals surface area (Å²) < 4.78 is 5.70. The molecule has 25 heavy (non-hydrogen) atoms. The van der Waals surface area contributed by atoms with Crippen molar-refractivity contribution < 1.29 is 14.6 Å². The monoisotopic (exact) mass is 352 g/mol. The molecule has 0 saturated heterocycles. The predicted molar refractivity (Wildman–Crippen MR) is 98.5 cm³/mol. The maximum Gasteiger partial charge on any atom is 0.248 e. The van der Waals surface area contributed by atoms with Gasteiger partial charge < -0.3 is 15.6 Å². The molecule has 0 saturated carbocycles. The number of hydrogen-bond acceptors (Lipinski definition) is 5. The van der Waals surface area contributed by atoms with E-state index >= 15 is 0 Å². The number of ether oxygens (including phenoxy) is 1. The molecule has 1 heterocycles. The topological polar surface area (TPSA) is 85.4 Å². The lowest BCUT2D eigenvalue weighted by Gasteiger charge is -2.07. The molecule has 2 aromatic carbocycles. The molecule has 126 valence electrons. The Morgan fingerprint density at radius 1 is 1.20 bits per heavy atom. The minimum absolute atomic E-state index is 0.0509. The average Bonchev–Trinajstić information content (AvgIpc) is 3.10. The van der Waals surface area contributed by atoms with Gasteiger partial charge in [-0.05, 0) is 35.4 Å². The highest BCUT2D eigenvalue weighted by Gasteiger charge is 2.06. The zero-order valence-electron chi connectivity index (χ0n) is 13.3. The zero-order chi connectivity index (χ0) is 17.8.